The predicted octanol–water partition coefficient (Wildman–Crippen LogP) is 4.54. The van der Waals surface area contributed by atoms with Crippen LogP contribution in [0.4, 0.5) is 0 Å². The van der Waals surface area contributed by atoms with Gasteiger partial charge in [-0.3, -0.25) is 9.59 Å². The van der Waals surface area contributed by atoms with Crippen LogP contribution in [0.3, 0.4) is 0 Å². The van der Waals surface area contributed by atoms with Crippen LogP contribution >= 0.6 is 0 Å². The second-order valence-corrected chi connectivity index (χ2v) is 9.12. The molecule has 0 radical (unpaired) electrons. The molecule has 0 bridgehead atoms. The smallest absolute Gasteiger partial charge is 0.254 e. The van der Waals surface area contributed by atoms with Crippen LogP contribution in [0.25, 0.3) is 10.8 Å². The van der Waals surface area contributed by atoms with Crippen LogP contribution in [0, 0.1) is 5.92 Å². The molecular weight excluding hydrogens is 412 g/mol. The fourth-order valence-electron chi connectivity index (χ4n) is 5.45. The Bertz CT molecular complexity index is 1150. The van der Waals surface area contributed by atoms with Crippen LogP contribution in [0.2, 0.25) is 0 Å². The van der Waals surface area contributed by atoms with Gasteiger partial charge in [0, 0.05) is 37.7 Å². The number of carbonyl (C=O) groups excluding carboxylic acids is 2. The van der Waals surface area contributed by atoms with Crippen LogP contribution in [0.1, 0.15) is 35.2 Å². The first-order valence-electron chi connectivity index (χ1n) is 11.8. The molecule has 5 nitrogen and oxygen atoms in total. The van der Waals surface area contributed by atoms with E-state index in [1.165, 1.54) is 5.56 Å². The van der Waals surface area contributed by atoms with Crippen LogP contribution < -0.4 is 4.74 Å². The highest BCUT2D eigenvalue weighted by molar-refractivity contribution is 6.07. The average molecular weight is 443 g/mol. The fourth-order valence-corrected chi connectivity index (χ4v) is 5.45. The van der Waals surface area contributed by atoms with Crippen molar-refractivity contribution in [3.05, 3.63) is 77.9 Å². The Kier molecular flexibility index (Phi) is 6.03. The van der Waals surface area contributed by atoms with E-state index in [-0.39, 0.29) is 17.9 Å². The standard InChI is InChI=1S/C28H30N2O3/c1-33-23-12-9-20(10-13-23)15-18-30-26-16-17-29(19-22(26)11-14-27(30)31)28(32)25-8-4-6-21-5-2-3-7-24(21)25/h2-10,12-13,22,26H,11,14-19H2,1H3/t22-,26+/m1/s1. The third kappa shape index (κ3) is 4.32. The SMILES string of the molecule is COc1ccc(CCN2C(=O)CC[C@@H]3CN(C(=O)c4cccc5ccccc45)CC[C@@H]32)cc1. The van der Waals surface area contributed by atoms with Gasteiger partial charge in [-0.25, -0.2) is 0 Å². The number of fused-ring (bicyclic) bond motifs is 2. The molecule has 2 fully saturated rings. The van der Waals surface area contributed by atoms with Gasteiger partial charge in [0.15, 0.2) is 0 Å². The number of benzene rings is 3. The number of methoxy groups -OCH3 is 1. The van der Waals surface area contributed by atoms with E-state index in [1.54, 1.807) is 7.11 Å². The van der Waals surface area contributed by atoms with Crippen molar-refractivity contribution in [3.63, 3.8) is 0 Å². The van der Waals surface area contributed by atoms with Crippen molar-refractivity contribution < 1.29 is 14.3 Å². The zero-order valence-corrected chi connectivity index (χ0v) is 19.1. The number of rotatable bonds is 5. The molecule has 2 heterocycles. The largest absolute Gasteiger partial charge is 0.497 e. The highest BCUT2D eigenvalue weighted by atomic mass is 16.5. The van der Waals surface area contributed by atoms with Gasteiger partial charge in [0.05, 0.1) is 7.11 Å². The van der Waals surface area contributed by atoms with Crippen LogP contribution in [0.15, 0.2) is 66.7 Å². The van der Waals surface area contributed by atoms with Gasteiger partial charge in [-0.05, 0) is 59.7 Å². The van der Waals surface area contributed by atoms with E-state index >= 15 is 0 Å². The molecule has 5 rings (SSSR count). The molecule has 0 aromatic heterocycles. The molecule has 2 aliphatic heterocycles. The van der Waals surface area contributed by atoms with Gasteiger partial charge < -0.3 is 14.5 Å². The molecule has 2 aliphatic rings. The third-order valence-electron chi connectivity index (χ3n) is 7.25. The summed E-state index contributed by atoms with van der Waals surface area (Å²) in [7, 11) is 1.67. The topological polar surface area (TPSA) is 49.9 Å². The van der Waals surface area contributed by atoms with E-state index in [2.05, 4.69) is 17.0 Å². The van der Waals surface area contributed by atoms with Gasteiger partial charge >= 0.3 is 0 Å². The van der Waals surface area contributed by atoms with E-state index in [1.807, 2.05) is 59.5 Å². The van der Waals surface area contributed by atoms with Crippen molar-refractivity contribution in [2.24, 2.45) is 5.92 Å². The first kappa shape index (κ1) is 21.5. The molecule has 3 aromatic carbocycles. The minimum absolute atomic E-state index is 0.104. The van der Waals surface area contributed by atoms with Gasteiger partial charge in [0.1, 0.15) is 5.75 Å². The summed E-state index contributed by atoms with van der Waals surface area (Å²) < 4.78 is 5.24. The molecule has 0 saturated carbocycles. The second-order valence-electron chi connectivity index (χ2n) is 9.12. The van der Waals surface area contributed by atoms with Crippen molar-refractivity contribution in [2.45, 2.75) is 31.7 Å². The first-order chi connectivity index (χ1) is 16.1. The summed E-state index contributed by atoms with van der Waals surface area (Å²) >= 11 is 0. The zero-order valence-electron chi connectivity index (χ0n) is 19.1. The van der Waals surface area contributed by atoms with Crippen molar-refractivity contribution in [1.82, 2.24) is 9.80 Å². The highest BCUT2D eigenvalue weighted by Gasteiger charge is 2.40. The van der Waals surface area contributed by atoms with Crippen LogP contribution in [0.5, 0.6) is 5.75 Å². The minimum Gasteiger partial charge on any atom is -0.497 e. The summed E-state index contributed by atoms with van der Waals surface area (Å²) in [5, 5.41) is 2.10. The Morgan fingerprint density at radius 2 is 1.79 bits per heavy atom. The van der Waals surface area contributed by atoms with Crippen LogP contribution in [-0.4, -0.2) is 54.4 Å². The molecule has 5 heteroatoms. The molecular formula is C28H30N2O3. The molecule has 2 atom stereocenters. The van der Waals surface area contributed by atoms with Gasteiger partial charge in [-0.1, -0.05) is 48.5 Å². The Labute approximate surface area is 194 Å². The third-order valence-corrected chi connectivity index (χ3v) is 7.25. The summed E-state index contributed by atoms with van der Waals surface area (Å²) in [4.78, 5) is 30.3. The molecule has 2 saturated heterocycles. The van der Waals surface area contributed by atoms with E-state index in [0.717, 1.165) is 54.4 Å². The summed E-state index contributed by atoms with van der Waals surface area (Å²) in [6.45, 7) is 2.14. The van der Waals surface area contributed by atoms with Gasteiger partial charge in [-0.15, -0.1) is 0 Å². The second kappa shape index (κ2) is 9.26. The maximum Gasteiger partial charge on any atom is 0.254 e. The molecule has 170 valence electrons. The maximum absolute atomic E-state index is 13.4. The van der Waals surface area contributed by atoms with Crippen molar-refractivity contribution in [2.75, 3.05) is 26.7 Å². The minimum atomic E-state index is 0.104. The maximum atomic E-state index is 13.4. The molecule has 0 spiro atoms. The molecule has 0 unspecified atom stereocenters. The van der Waals surface area contributed by atoms with Gasteiger partial charge in [0.25, 0.3) is 5.91 Å². The number of ether oxygens (including phenoxy) is 1. The number of likely N-dealkylation sites (tertiary alicyclic amines) is 2. The lowest BCUT2D eigenvalue weighted by Crippen LogP contribution is -2.57. The van der Waals surface area contributed by atoms with E-state index in [9.17, 15) is 9.59 Å². The molecule has 3 aromatic rings. The number of piperidine rings is 2. The number of nitrogens with zero attached hydrogens (tertiary/aromatic N) is 2. The van der Waals surface area contributed by atoms with Gasteiger partial charge in [0.2, 0.25) is 5.91 Å². The fraction of sp³-hybridized carbons (Fsp3) is 0.357. The molecule has 33 heavy (non-hydrogen) atoms. The number of hydrogen-bond acceptors (Lipinski definition) is 3. The summed E-state index contributed by atoms with van der Waals surface area (Å²) in [5.74, 6) is 1.54. The Balaban J connectivity index is 1.27. The van der Waals surface area contributed by atoms with Crippen molar-refractivity contribution in [1.29, 1.82) is 0 Å². The molecule has 0 N–H and O–H groups in total. The Hall–Kier alpha value is -3.34. The first-order valence-corrected chi connectivity index (χ1v) is 11.8. The average Bonchev–Trinajstić information content (AvgIpc) is 2.87. The van der Waals surface area contributed by atoms with Gasteiger partial charge in [-0.2, -0.15) is 0 Å². The summed E-state index contributed by atoms with van der Waals surface area (Å²) in [6, 6.07) is 22.3. The van der Waals surface area contributed by atoms with E-state index in [4.69, 9.17) is 4.74 Å². The normalized spacial score (nSPS) is 20.6. The quantitative estimate of drug-likeness (QED) is 0.583. The van der Waals surface area contributed by atoms with E-state index < -0.39 is 0 Å². The van der Waals surface area contributed by atoms with Crippen molar-refractivity contribution >= 4 is 22.6 Å². The number of amides is 2. The molecule has 2 amide bonds. The summed E-state index contributed by atoms with van der Waals surface area (Å²) in [6.07, 6.45) is 3.11. The number of carbonyl (C=O) groups is 2. The van der Waals surface area contributed by atoms with Crippen LogP contribution in [-0.2, 0) is 11.2 Å². The predicted molar refractivity (Wildman–Crippen MR) is 129 cm³/mol. The Morgan fingerprint density at radius 3 is 2.61 bits per heavy atom. The van der Waals surface area contributed by atoms with Crippen molar-refractivity contribution in [3.8, 4) is 5.75 Å². The lowest BCUT2D eigenvalue weighted by molar-refractivity contribution is -0.140. The molecule has 0 aliphatic carbocycles. The lowest BCUT2D eigenvalue weighted by atomic mass is 9.83. The zero-order chi connectivity index (χ0) is 22.8. The lowest BCUT2D eigenvalue weighted by Gasteiger charge is -2.47. The monoisotopic (exact) mass is 442 g/mol. The summed E-state index contributed by atoms with van der Waals surface area (Å²) in [5.41, 5.74) is 1.98. The number of hydrogen-bond donors (Lipinski definition) is 0. The highest BCUT2D eigenvalue weighted by Crippen LogP contribution is 2.33. The Morgan fingerprint density at radius 1 is 1.00 bits per heavy atom. The van der Waals surface area contributed by atoms with E-state index in [0.29, 0.717) is 18.9 Å².